The highest BCUT2D eigenvalue weighted by Crippen LogP contribution is 2.40. The Balaban J connectivity index is 2.03. The summed E-state index contributed by atoms with van der Waals surface area (Å²) in [6.45, 7) is 2.01. The summed E-state index contributed by atoms with van der Waals surface area (Å²) in [4.78, 5) is 26.1. The Labute approximate surface area is 112 Å². The predicted octanol–water partition coefficient (Wildman–Crippen LogP) is 2.75. The van der Waals surface area contributed by atoms with Crippen molar-refractivity contribution >= 4 is 17.6 Å². The van der Waals surface area contributed by atoms with Crippen molar-refractivity contribution in [1.82, 2.24) is 5.32 Å². The van der Waals surface area contributed by atoms with Gasteiger partial charge in [0.15, 0.2) is 0 Å². The van der Waals surface area contributed by atoms with E-state index in [2.05, 4.69) is 5.32 Å². The Bertz CT molecular complexity index is 515. The Kier molecular flexibility index (Phi) is 2.81. The van der Waals surface area contributed by atoms with E-state index in [4.69, 9.17) is 0 Å². The largest absolute Gasteiger partial charge is 0.329 e. The van der Waals surface area contributed by atoms with Crippen LogP contribution in [0.3, 0.4) is 0 Å². The number of urea groups is 1. The number of imide groups is 1. The zero-order chi connectivity index (χ0) is 13.5. The lowest BCUT2D eigenvalue weighted by Crippen LogP contribution is -2.51. The summed E-state index contributed by atoms with van der Waals surface area (Å²) < 4.78 is 0. The van der Waals surface area contributed by atoms with Crippen molar-refractivity contribution in [3.8, 4) is 0 Å². The van der Waals surface area contributed by atoms with Crippen LogP contribution in [0.1, 0.15) is 37.7 Å². The van der Waals surface area contributed by atoms with E-state index in [1.165, 1.54) is 0 Å². The van der Waals surface area contributed by atoms with Crippen molar-refractivity contribution < 1.29 is 9.59 Å². The number of benzene rings is 1. The molecule has 0 radical (unpaired) electrons. The van der Waals surface area contributed by atoms with Gasteiger partial charge >= 0.3 is 6.03 Å². The summed E-state index contributed by atoms with van der Waals surface area (Å²) in [6.07, 6.45) is 4.67. The first-order valence-corrected chi connectivity index (χ1v) is 6.86. The van der Waals surface area contributed by atoms with Crippen LogP contribution in [-0.4, -0.2) is 17.5 Å². The number of rotatable bonds is 1. The number of anilines is 1. The van der Waals surface area contributed by atoms with E-state index in [0.29, 0.717) is 0 Å². The van der Waals surface area contributed by atoms with Gasteiger partial charge < -0.3 is 0 Å². The molecular weight excluding hydrogens is 240 g/mol. The topological polar surface area (TPSA) is 49.4 Å². The summed E-state index contributed by atoms with van der Waals surface area (Å²) in [6, 6.07) is 7.51. The van der Waals surface area contributed by atoms with Crippen molar-refractivity contribution in [2.45, 2.75) is 44.6 Å². The van der Waals surface area contributed by atoms with Gasteiger partial charge in [-0.05, 0) is 31.9 Å². The molecule has 0 bridgehead atoms. The van der Waals surface area contributed by atoms with Crippen molar-refractivity contribution in [3.05, 3.63) is 29.8 Å². The van der Waals surface area contributed by atoms with Crippen molar-refractivity contribution in [2.75, 3.05) is 4.90 Å². The molecule has 4 nitrogen and oxygen atoms in total. The molecular formula is C15H18N2O2. The number of nitrogens with zero attached hydrogens (tertiary/aromatic N) is 1. The van der Waals surface area contributed by atoms with Gasteiger partial charge in [-0.1, -0.05) is 37.0 Å². The number of nitrogens with one attached hydrogen (secondary N) is 1. The lowest BCUT2D eigenvalue weighted by atomic mass is 9.80. The molecule has 3 amide bonds. The molecule has 0 aromatic heterocycles. The normalized spacial score (nSPS) is 21.8. The SMILES string of the molecule is Cc1ccc(N2C(=O)NC(=O)C23CCCCC3)cc1. The molecule has 0 unspecified atom stereocenters. The fourth-order valence-corrected chi connectivity index (χ4v) is 3.21. The van der Waals surface area contributed by atoms with E-state index < -0.39 is 5.54 Å². The van der Waals surface area contributed by atoms with Gasteiger partial charge in [0.1, 0.15) is 5.54 Å². The minimum absolute atomic E-state index is 0.127. The first-order chi connectivity index (χ1) is 9.13. The minimum Gasteiger partial charge on any atom is -0.279 e. The Morgan fingerprint density at radius 2 is 1.68 bits per heavy atom. The highest BCUT2D eigenvalue weighted by Gasteiger charge is 2.53. The molecule has 1 aliphatic carbocycles. The van der Waals surface area contributed by atoms with Gasteiger partial charge in [-0.15, -0.1) is 0 Å². The van der Waals surface area contributed by atoms with Crippen molar-refractivity contribution in [2.24, 2.45) is 0 Å². The molecule has 4 heteroatoms. The van der Waals surface area contributed by atoms with E-state index in [1.54, 1.807) is 4.90 Å². The highest BCUT2D eigenvalue weighted by molar-refractivity contribution is 6.16. The van der Waals surface area contributed by atoms with Crippen LogP contribution < -0.4 is 10.2 Å². The van der Waals surface area contributed by atoms with Gasteiger partial charge in [-0.2, -0.15) is 0 Å². The highest BCUT2D eigenvalue weighted by atomic mass is 16.2. The van der Waals surface area contributed by atoms with Crippen LogP contribution in [0.4, 0.5) is 10.5 Å². The maximum absolute atomic E-state index is 12.2. The van der Waals surface area contributed by atoms with Gasteiger partial charge in [0.2, 0.25) is 0 Å². The van der Waals surface area contributed by atoms with Crippen molar-refractivity contribution in [3.63, 3.8) is 0 Å². The first kappa shape index (κ1) is 12.2. The Morgan fingerprint density at radius 1 is 1.05 bits per heavy atom. The molecule has 3 rings (SSSR count). The van der Waals surface area contributed by atoms with E-state index in [9.17, 15) is 9.59 Å². The van der Waals surface area contributed by atoms with Crippen LogP contribution in [-0.2, 0) is 4.79 Å². The summed E-state index contributed by atoms with van der Waals surface area (Å²) in [5.74, 6) is -0.127. The molecule has 1 spiro atoms. The number of amides is 3. The van der Waals surface area contributed by atoms with E-state index in [-0.39, 0.29) is 11.9 Å². The average Bonchev–Trinajstić information content (AvgIpc) is 2.64. The molecule has 2 fully saturated rings. The molecule has 0 atom stereocenters. The van der Waals surface area contributed by atoms with Crippen LogP contribution in [0.5, 0.6) is 0 Å². The van der Waals surface area contributed by atoms with Crippen LogP contribution in [0.25, 0.3) is 0 Å². The molecule has 1 N–H and O–H groups in total. The van der Waals surface area contributed by atoms with Gasteiger partial charge in [0.25, 0.3) is 5.91 Å². The second kappa shape index (κ2) is 4.37. The zero-order valence-electron chi connectivity index (χ0n) is 11.1. The smallest absolute Gasteiger partial charge is 0.279 e. The summed E-state index contributed by atoms with van der Waals surface area (Å²) >= 11 is 0. The van der Waals surface area contributed by atoms with Crippen LogP contribution in [0.2, 0.25) is 0 Å². The summed E-state index contributed by atoms with van der Waals surface area (Å²) in [5, 5.41) is 2.49. The molecule has 1 aromatic rings. The number of hydrogen-bond donors (Lipinski definition) is 1. The molecule has 19 heavy (non-hydrogen) atoms. The Morgan fingerprint density at radius 3 is 2.32 bits per heavy atom. The average molecular weight is 258 g/mol. The molecule has 1 saturated heterocycles. The molecule has 2 aliphatic rings. The Hall–Kier alpha value is -1.84. The second-order valence-corrected chi connectivity index (χ2v) is 5.52. The number of carbonyl (C=O) groups is 2. The van der Waals surface area contributed by atoms with Crippen LogP contribution >= 0.6 is 0 Å². The monoisotopic (exact) mass is 258 g/mol. The summed E-state index contributed by atoms with van der Waals surface area (Å²) in [5.41, 5.74) is 1.31. The number of carbonyl (C=O) groups excluding carboxylic acids is 2. The van der Waals surface area contributed by atoms with E-state index >= 15 is 0 Å². The van der Waals surface area contributed by atoms with Gasteiger partial charge in [0, 0.05) is 5.69 Å². The molecule has 1 heterocycles. The fraction of sp³-hybridized carbons (Fsp3) is 0.467. The van der Waals surface area contributed by atoms with E-state index in [1.807, 2.05) is 31.2 Å². The third-order valence-electron chi connectivity index (χ3n) is 4.25. The van der Waals surface area contributed by atoms with Crippen LogP contribution in [0.15, 0.2) is 24.3 Å². The zero-order valence-corrected chi connectivity index (χ0v) is 11.1. The minimum atomic E-state index is -0.648. The van der Waals surface area contributed by atoms with Gasteiger partial charge in [0.05, 0.1) is 0 Å². The molecule has 1 saturated carbocycles. The fourth-order valence-electron chi connectivity index (χ4n) is 3.21. The summed E-state index contributed by atoms with van der Waals surface area (Å²) in [7, 11) is 0. The third-order valence-corrected chi connectivity index (χ3v) is 4.25. The predicted molar refractivity (Wildman–Crippen MR) is 73.0 cm³/mol. The maximum Gasteiger partial charge on any atom is 0.329 e. The third kappa shape index (κ3) is 1.82. The maximum atomic E-state index is 12.2. The van der Waals surface area contributed by atoms with E-state index in [0.717, 1.165) is 43.4 Å². The lowest BCUT2D eigenvalue weighted by molar-refractivity contribution is -0.124. The standard InChI is InChI=1S/C15H18N2O2/c1-11-5-7-12(8-6-11)17-14(19)16-13(18)15(17)9-3-2-4-10-15/h5-8H,2-4,9-10H2,1H3,(H,16,18,19). The quantitative estimate of drug-likeness (QED) is 0.787. The first-order valence-electron chi connectivity index (χ1n) is 6.86. The lowest BCUT2D eigenvalue weighted by Gasteiger charge is -2.38. The second-order valence-electron chi connectivity index (χ2n) is 5.52. The molecule has 1 aliphatic heterocycles. The molecule has 1 aromatic carbocycles. The van der Waals surface area contributed by atoms with Crippen LogP contribution in [0, 0.1) is 6.92 Å². The number of hydrogen-bond acceptors (Lipinski definition) is 2. The van der Waals surface area contributed by atoms with Gasteiger partial charge in [-0.3, -0.25) is 15.0 Å². The number of aryl methyl sites for hydroxylation is 1. The van der Waals surface area contributed by atoms with Crippen molar-refractivity contribution in [1.29, 1.82) is 0 Å². The molecule has 100 valence electrons. The van der Waals surface area contributed by atoms with Gasteiger partial charge in [-0.25, -0.2) is 4.79 Å².